The fourth-order valence-electron chi connectivity index (χ4n) is 1.34. The van der Waals surface area contributed by atoms with Crippen molar-refractivity contribution in [1.82, 2.24) is 0 Å². The fourth-order valence-corrected chi connectivity index (χ4v) is 1.34. The van der Waals surface area contributed by atoms with Crippen LogP contribution in [0.1, 0.15) is 20.3 Å². The van der Waals surface area contributed by atoms with Crippen LogP contribution in [0.15, 0.2) is 30.3 Å². The van der Waals surface area contributed by atoms with Crippen LogP contribution in [-0.4, -0.2) is 6.54 Å². The molecule has 0 fully saturated rings. The van der Waals surface area contributed by atoms with E-state index in [4.69, 9.17) is 5.73 Å². The first-order valence-electron chi connectivity index (χ1n) is 4.67. The molecule has 0 atom stereocenters. The number of hydrogen-bond donors (Lipinski definition) is 1. The predicted molar refractivity (Wildman–Crippen MR) is 57.2 cm³/mol. The van der Waals surface area contributed by atoms with Gasteiger partial charge in [-0.15, -0.1) is 0 Å². The number of hydrogen-bond acceptors (Lipinski definition) is 2. The Bertz CT molecular complexity index is 231. The first-order chi connectivity index (χ1) is 6.25. The first kappa shape index (κ1) is 10.1. The lowest BCUT2D eigenvalue weighted by atomic mass is 10.2. The summed E-state index contributed by atoms with van der Waals surface area (Å²) in [5, 5.41) is 0. The van der Waals surface area contributed by atoms with Crippen molar-refractivity contribution in [2.24, 2.45) is 5.73 Å². The summed E-state index contributed by atoms with van der Waals surface area (Å²) in [6.07, 6.45) is 1.96. The second-order valence-corrected chi connectivity index (χ2v) is 3.13. The Morgan fingerprint density at radius 2 is 1.92 bits per heavy atom. The Morgan fingerprint density at radius 1 is 1.31 bits per heavy atom. The van der Waals surface area contributed by atoms with Crippen LogP contribution in [0.4, 0.5) is 5.69 Å². The van der Waals surface area contributed by atoms with Gasteiger partial charge in [0.25, 0.3) is 0 Å². The summed E-state index contributed by atoms with van der Waals surface area (Å²) < 4.78 is 0. The lowest BCUT2D eigenvalue weighted by Gasteiger charge is -2.27. The zero-order valence-electron chi connectivity index (χ0n) is 8.33. The summed E-state index contributed by atoms with van der Waals surface area (Å²) >= 11 is 0. The normalized spacial score (nSPS) is 10.5. The highest BCUT2D eigenvalue weighted by Crippen LogP contribution is 2.17. The molecule has 0 saturated carbocycles. The molecule has 0 saturated heterocycles. The van der Waals surface area contributed by atoms with Gasteiger partial charge < -0.3 is 10.6 Å². The standard InChI is InChI=1S/C11H17N2/c1-3-9-13(10(2)12)11-7-5-4-6-8-11/h4-8H,3,9,12H2,1-2H3. The molecule has 0 aliphatic heterocycles. The topological polar surface area (TPSA) is 29.3 Å². The molecule has 1 radical (unpaired) electrons. The number of rotatable bonds is 4. The van der Waals surface area contributed by atoms with Crippen molar-refractivity contribution in [2.75, 3.05) is 11.4 Å². The second-order valence-electron chi connectivity index (χ2n) is 3.13. The van der Waals surface area contributed by atoms with Crippen LogP contribution in [0.2, 0.25) is 0 Å². The number of nitrogens with zero attached hydrogens (tertiary/aromatic N) is 1. The quantitative estimate of drug-likeness (QED) is 0.765. The van der Waals surface area contributed by atoms with Crippen LogP contribution in [0.25, 0.3) is 0 Å². The third kappa shape index (κ3) is 2.74. The Morgan fingerprint density at radius 3 is 2.38 bits per heavy atom. The van der Waals surface area contributed by atoms with E-state index in [2.05, 4.69) is 24.0 Å². The molecule has 2 nitrogen and oxygen atoms in total. The molecule has 2 N–H and O–H groups in total. The largest absolute Gasteiger partial charge is 0.350 e. The van der Waals surface area contributed by atoms with Crippen LogP contribution in [0, 0.1) is 6.17 Å². The van der Waals surface area contributed by atoms with Crippen molar-refractivity contribution < 1.29 is 0 Å². The zero-order valence-corrected chi connectivity index (χ0v) is 8.33. The minimum atomic E-state index is 0.855. The summed E-state index contributed by atoms with van der Waals surface area (Å²) in [5.74, 6) is 0. The van der Waals surface area contributed by atoms with Gasteiger partial charge in [0.05, 0.1) is 0 Å². The minimum absolute atomic E-state index is 0.855. The highest BCUT2D eigenvalue weighted by Gasteiger charge is 2.09. The summed E-state index contributed by atoms with van der Waals surface area (Å²) in [6.45, 7) is 5.06. The van der Waals surface area contributed by atoms with Gasteiger partial charge in [-0.05, 0) is 25.5 Å². The van der Waals surface area contributed by atoms with Gasteiger partial charge >= 0.3 is 0 Å². The van der Waals surface area contributed by atoms with Crippen LogP contribution >= 0.6 is 0 Å². The molecule has 0 aliphatic rings. The van der Waals surface area contributed by atoms with E-state index in [0.717, 1.165) is 19.1 Å². The van der Waals surface area contributed by atoms with E-state index in [9.17, 15) is 0 Å². The average Bonchev–Trinajstić information content (AvgIpc) is 2.15. The van der Waals surface area contributed by atoms with E-state index >= 15 is 0 Å². The van der Waals surface area contributed by atoms with E-state index in [0.29, 0.717) is 0 Å². The van der Waals surface area contributed by atoms with E-state index in [-0.39, 0.29) is 0 Å². The van der Waals surface area contributed by atoms with Crippen molar-refractivity contribution >= 4 is 5.69 Å². The van der Waals surface area contributed by atoms with Gasteiger partial charge in [0, 0.05) is 12.2 Å². The van der Waals surface area contributed by atoms with Crippen LogP contribution in [-0.2, 0) is 0 Å². The van der Waals surface area contributed by atoms with E-state index in [1.165, 1.54) is 5.69 Å². The smallest absolute Gasteiger partial charge is 0.122 e. The van der Waals surface area contributed by atoms with Crippen molar-refractivity contribution in [3.8, 4) is 0 Å². The molecule has 0 unspecified atom stereocenters. The molecule has 1 aromatic rings. The summed E-state index contributed by atoms with van der Waals surface area (Å²) in [7, 11) is 0. The zero-order chi connectivity index (χ0) is 9.68. The highest BCUT2D eigenvalue weighted by atomic mass is 15.2. The van der Waals surface area contributed by atoms with Gasteiger partial charge in [-0.25, -0.2) is 0 Å². The molecule has 0 aliphatic carbocycles. The molecular weight excluding hydrogens is 160 g/mol. The molecule has 0 heterocycles. The van der Waals surface area contributed by atoms with Crippen LogP contribution in [0.5, 0.6) is 0 Å². The number of benzene rings is 1. The van der Waals surface area contributed by atoms with Crippen LogP contribution in [0.3, 0.4) is 0 Å². The molecule has 0 spiro atoms. The Balaban J connectivity index is 2.76. The number of para-hydroxylation sites is 1. The number of anilines is 1. The Hall–Kier alpha value is -1.02. The molecule has 0 aromatic heterocycles. The summed E-state index contributed by atoms with van der Waals surface area (Å²) in [4.78, 5) is 2.12. The second kappa shape index (κ2) is 4.87. The predicted octanol–water partition coefficient (Wildman–Crippen LogP) is 2.37. The van der Waals surface area contributed by atoms with Crippen molar-refractivity contribution in [3.63, 3.8) is 0 Å². The maximum absolute atomic E-state index is 5.80. The average molecular weight is 177 g/mol. The van der Waals surface area contributed by atoms with E-state index < -0.39 is 0 Å². The number of nitrogens with two attached hydrogens (primary N) is 1. The highest BCUT2D eigenvalue weighted by molar-refractivity contribution is 5.49. The minimum Gasteiger partial charge on any atom is -0.350 e. The van der Waals surface area contributed by atoms with Gasteiger partial charge in [-0.2, -0.15) is 0 Å². The maximum atomic E-state index is 5.80. The van der Waals surface area contributed by atoms with Crippen molar-refractivity contribution in [3.05, 3.63) is 36.5 Å². The van der Waals surface area contributed by atoms with Crippen molar-refractivity contribution in [1.29, 1.82) is 0 Å². The molecule has 71 valence electrons. The molecule has 0 bridgehead atoms. The Labute approximate surface area is 80.4 Å². The van der Waals surface area contributed by atoms with Crippen LogP contribution < -0.4 is 10.6 Å². The van der Waals surface area contributed by atoms with Gasteiger partial charge in [-0.3, -0.25) is 0 Å². The fraction of sp³-hybridized carbons (Fsp3) is 0.364. The lowest BCUT2D eigenvalue weighted by molar-refractivity contribution is 0.763. The van der Waals surface area contributed by atoms with E-state index in [1.54, 1.807) is 0 Å². The van der Waals surface area contributed by atoms with Gasteiger partial charge in [0.2, 0.25) is 0 Å². The third-order valence-electron chi connectivity index (χ3n) is 1.94. The Kier molecular flexibility index (Phi) is 3.77. The summed E-state index contributed by atoms with van der Waals surface area (Å²) in [6, 6.07) is 10.2. The maximum Gasteiger partial charge on any atom is 0.122 e. The lowest BCUT2D eigenvalue weighted by Crippen LogP contribution is -2.32. The SMILES string of the molecule is CCCN([C](C)N)c1ccccc1. The van der Waals surface area contributed by atoms with E-state index in [1.807, 2.05) is 25.1 Å². The monoisotopic (exact) mass is 177 g/mol. The first-order valence-corrected chi connectivity index (χ1v) is 4.67. The van der Waals surface area contributed by atoms with Crippen molar-refractivity contribution in [2.45, 2.75) is 20.3 Å². The summed E-state index contributed by atoms with van der Waals surface area (Å²) in [5.41, 5.74) is 6.97. The third-order valence-corrected chi connectivity index (χ3v) is 1.94. The van der Waals surface area contributed by atoms with Gasteiger partial charge in [0.15, 0.2) is 0 Å². The molecule has 1 rings (SSSR count). The molecule has 0 amide bonds. The van der Waals surface area contributed by atoms with Gasteiger partial charge in [-0.1, -0.05) is 25.1 Å². The molecular formula is C11H17N2. The molecule has 2 heteroatoms. The molecule has 1 aromatic carbocycles. The van der Waals surface area contributed by atoms with Gasteiger partial charge in [0.1, 0.15) is 6.17 Å². The molecule has 13 heavy (non-hydrogen) atoms.